The average Bonchev–Trinajstić information content (AvgIpc) is 2.32. The van der Waals surface area contributed by atoms with Crippen LogP contribution in [0, 0.1) is 12.7 Å². The molecule has 0 radical (unpaired) electrons. The lowest BCUT2D eigenvalue weighted by molar-refractivity contribution is 0.0711. The van der Waals surface area contributed by atoms with Gasteiger partial charge in [0.05, 0.1) is 5.56 Å². The van der Waals surface area contributed by atoms with Gasteiger partial charge >= 0.3 is 0 Å². The first kappa shape index (κ1) is 12.4. The summed E-state index contributed by atoms with van der Waals surface area (Å²) < 4.78 is 13.9. The molecule has 4 heteroatoms. The molecule has 17 heavy (non-hydrogen) atoms. The van der Waals surface area contributed by atoms with Crippen molar-refractivity contribution in [2.45, 2.75) is 19.9 Å². The lowest BCUT2D eigenvalue weighted by Gasteiger charge is -2.33. The highest BCUT2D eigenvalue weighted by atomic mass is 32.2. The number of thioether (sulfide) groups is 1. The third-order valence-corrected chi connectivity index (χ3v) is 4.24. The van der Waals surface area contributed by atoms with Gasteiger partial charge in [-0.2, -0.15) is 11.8 Å². The van der Waals surface area contributed by atoms with Gasteiger partial charge in [0, 0.05) is 24.1 Å². The van der Waals surface area contributed by atoms with Gasteiger partial charge in [-0.3, -0.25) is 4.79 Å². The second kappa shape index (κ2) is 5.08. The lowest BCUT2D eigenvalue weighted by atomic mass is 10.1. The zero-order valence-electron chi connectivity index (χ0n) is 10.1. The molecule has 0 N–H and O–H groups in total. The highest BCUT2D eigenvalue weighted by Gasteiger charge is 2.26. The molecule has 1 aromatic carbocycles. The Kier molecular flexibility index (Phi) is 3.72. The van der Waals surface area contributed by atoms with Crippen LogP contribution in [0.2, 0.25) is 0 Å². The van der Waals surface area contributed by atoms with E-state index >= 15 is 0 Å². The van der Waals surface area contributed by atoms with E-state index in [0.29, 0.717) is 12.1 Å². The molecule has 0 saturated carbocycles. The first-order valence-corrected chi connectivity index (χ1v) is 6.90. The number of amides is 1. The summed E-state index contributed by atoms with van der Waals surface area (Å²) in [6, 6.07) is 5.16. The van der Waals surface area contributed by atoms with Crippen molar-refractivity contribution in [2.24, 2.45) is 0 Å². The Labute approximate surface area is 105 Å². The molecule has 1 fully saturated rings. The Morgan fingerprint density at radius 1 is 1.53 bits per heavy atom. The summed E-state index contributed by atoms with van der Waals surface area (Å²) in [4.78, 5) is 14.0. The van der Waals surface area contributed by atoms with Crippen LogP contribution in [0.4, 0.5) is 4.39 Å². The summed E-state index contributed by atoms with van der Waals surface area (Å²) in [6.45, 7) is 4.40. The molecule has 0 aromatic heterocycles. The molecule has 1 heterocycles. The van der Waals surface area contributed by atoms with Crippen LogP contribution in [-0.2, 0) is 0 Å². The zero-order chi connectivity index (χ0) is 12.4. The van der Waals surface area contributed by atoms with Gasteiger partial charge in [0.1, 0.15) is 5.82 Å². The third kappa shape index (κ3) is 2.46. The standard InChI is InChI=1S/C13H16FNOS/c1-9-4-3-5-11(12(9)14)13(16)15-6-7-17-8-10(15)2/h3-5,10H,6-8H2,1-2H3. The Bertz CT molecular complexity index is 435. The minimum absolute atomic E-state index is 0.181. The van der Waals surface area contributed by atoms with Crippen LogP contribution in [-0.4, -0.2) is 34.9 Å². The maximum absolute atomic E-state index is 13.9. The molecule has 1 amide bonds. The van der Waals surface area contributed by atoms with Crippen LogP contribution in [0.15, 0.2) is 18.2 Å². The van der Waals surface area contributed by atoms with E-state index in [0.717, 1.165) is 11.5 Å². The minimum atomic E-state index is -0.386. The molecule has 1 aliphatic rings. The summed E-state index contributed by atoms with van der Waals surface area (Å²) >= 11 is 1.84. The molecule has 0 aliphatic carbocycles. The van der Waals surface area contributed by atoms with Gasteiger partial charge in [-0.05, 0) is 25.5 Å². The summed E-state index contributed by atoms with van der Waals surface area (Å²) in [5.41, 5.74) is 0.721. The van der Waals surface area contributed by atoms with Gasteiger partial charge in [0.2, 0.25) is 0 Å². The number of carbonyl (C=O) groups is 1. The summed E-state index contributed by atoms with van der Waals surface area (Å²) in [7, 11) is 0. The molecule has 2 nitrogen and oxygen atoms in total. The number of hydrogen-bond donors (Lipinski definition) is 0. The maximum Gasteiger partial charge on any atom is 0.257 e. The molecule has 1 atom stereocenters. The van der Waals surface area contributed by atoms with Crippen LogP contribution in [0.25, 0.3) is 0 Å². The van der Waals surface area contributed by atoms with Crippen molar-refractivity contribution in [1.29, 1.82) is 0 Å². The fourth-order valence-electron chi connectivity index (χ4n) is 2.00. The number of halogens is 1. The van der Waals surface area contributed by atoms with E-state index in [1.54, 1.807) is 30.0 Å². The Balaban J connectivity index is 2.27. The van der Waals surface area contributed by atoms with Crippen molar-refractivity contribution in [1.82, 2.24) is 4.90 Å². The first-order chi connectivity index (χ1) is 8.11. The third-order valence-electron chi connectivity index (χ3n) is 3.05. The van der Waals surface area contributed by atoms with Crippen LogP contribution < -0.4 is 0 Å². The smallest absolute Gasteiger partial charge is 0.257 e. The van der Waals surface area contributed by atoms with Crippen LogP contribution in [0.5, 0.6) is 0 Å². The van der Waals surface area contributed by atoms with Gasteiger partial charge in [0.25, 0.3) is 5.91 Å². The van der Waals surface area contributed by atoms with Crippen LogP contribution in [0.3, 0.4) is 0 Å². The van der Waals surface area contributed by atoms with E-state index in [1.807, 2.05) is 18.7 Å². The fraction of sp³-hybridized carbons (Fsp3) is 0.462. The van der Waals surface area contributed by atoms with E-state index in [-0.39, 0.29) is 23.3 Å². The minimum Gasteiger partial charge on any atom is -0.334 e. The van der Waals surface area contributed by atoms with E-state index in [4.69, 9.17) is 0 Å². The molecular formula is C13H16FNOS. The van der Waals surface area contributed by atoms with E-state index in [1.165, 1.54) is 0 Å². The number of nitrogens with zero attached hydrogens (tertiary/aromatic N) is 1. The Hall–Kier alpha value is -1.03. The number of hydrogen-bond acceptors (Lipinski definition) is 2. The van der Waals surface area contributed by atoms with Crippen molar-refractivity contribution in [3.05, 3.63) is 35.1 Å². The van der Waals surface area contributed by atoms with E-state index in [2.05, 4.69) is 0 Å². The average molecular weight is 253 g/mol. The maximum atomic E-state index is 13.9. The van der Waals surface area contributed by atoms with Gasteiger partial charge in [0.15, 0.2) is 0 Å². The largest absolute Gasteiger partial charge is 0.334 e. The Morgan fingerprint density at radius 3 is 3.00 bits per heavy atom. The second-order valence-electron chi connectivity index (χ2n) is 4.36. The van der Waals surface area contributed by atoms with Crippen LogP contribution >= 0.6 is 11.8 Å². The summed E-state index contributed by atoms with van der Waals surface area (Å²) in [5, 5.41) is 0. The monoisotopic (exact) mass is 253 g/mol. The van der Waals surface area contributed by atoms with E-state index in [9.17, 15) is 9.18 Å². The number of rotatable bonds is 1. The molecular weight excluding hydrogens is 237 g/mol. The van der Waals surface area contributed by atoms with E-state index < -0.39 is 0 Å². The van der Waals surface area contributed by atoms with Gasteiger partial charge in [-0.1, -0.05) is 12.1 Å². The molecule has 0 bridgehead atoms. The van der Waals surface area contributed by atoms with Crippen molar-refractivity contribution in [2.75, 3.05) is 18.1 Å². The second-order valence-corrected chi connectivity index (χ2v) is 5.51. The number of carbonyl (C=O) groups excluding carboxylic acids is 1. The molecule has 1 unspecified atom stereocenters. The highest BCUT2D eigenvalue weighted by molar-refractivity contribution is 7.99. The van der Waals surface area contributed by atoms with Crippen molar-refractivity contribution in [3.63, 3.8) is 0 Å². The van der Waals surface area contributed by atoms with Gasteiger partial charge in [-0.15, -0.1) is 0 Å². The summed E-state index contributed by atoms with van der Waals surface area (Å²) in [5.74, 6) is 1.30. The first-order valence-electron chi connectivity index (χ1n) is 5.75. The van der Waals surface area contributed by atoms with Crippen molar-refractivity contribution < 1.29 is 9.18 Å². The molecule has 2 rings (SSSR count). The topological polar surface area (TPSA) is 20.3 Å². The molecule has 1 aromatic rings. The predicted octanol–water partition coefficient (Wildman–Crippen LogP) is 2.71. The SMILES string of the molecule is Cc1cccc(C(=O)N2CCSCC2C)c1F. The quantitative estimate of drug-likeness (QED) is 0.767. The van der Waals surface area contributed by atoms with Crippen molar-refractivity contribution >= 4 is 17.7 Å². The molecule has 1 aliphatic heterocycles. The van der Waals surface area contributed by atoms with Gasteiger partial charge < -0.3 is 4.90 Å². The fourth-order valence-corrected chi connectivity index (χ4v) is 3.01. The normalized spacial score (nSPS) is 20.4. The lowest BCUT2D eigenvalue weighted by Crippen LogP contribution is -2.44. The highest BCUT2D eigenvalue weighted by Crippen LogP contribution is 2.20. The molecule has 1 saturated heterocycles. The van der Waals surface area contributed by atoms with Crippen LogP contribution in [0.1, 0.15) is 22.8 Å². The number of aryl methyl sites for hydroxylation is 1. The van der Waals surface area contributed by atoms with Gasteiger partial charge in [-0.25, -0.2) is 4.39 Å². The zero-order valence-corrected chi connectivity index (χ0v) is 10.9. The molecule has 92 valence electrons. The predicted molar refractivity (Wildman–Crippen MR) is 69.0 cm³/mol. The van der Waals surface area contributed by atoms with Crippen molar-refractivity contribution in [3.8, 4) is 0 Å². The molecule has 0 spiro atoms. The Morgan fingerprint density at radius 2 is 2.29 bits per heavy atom. The summed E-state index contributed by atoms with van der Waals surface area (Å²) in [6.07, 6.45) is 0. The number of benzene rings is 1.